The lowest BCUT2D eigenvalue weighted by atomic mass is 9.74. The molecule has 0 fully saturated rings. The molecule has 15 heavy (non-hydrogen) atoms. The monoisotopic (exact) mass is 232 g/mol. The molecule has 0 heterocycles. The van der Waals surface area contributed by atoms with E-state index in [1.165, 1.54) is 7.11 Å². The lowest BCUT2D eigenvalue weighted by molar-refractivity contribution is 0.157. The summed E-state index contributed by atoms with van der Waals surface area (Å²) in [4.78, 5) is 0. The predicted octanol–water partition coefficient (Wildman–Crippen LogP) is 0.688. The van der Waals surface area contributed by atoms with Crippen molar-refractivity contribution >= 4 is 18.7 Å². The van der Waals surface area contributed by atoms with Crippen LogP contribution < -0.4 is 0 Å². The summed E-state index contributed by atoms with van der Waals surface area (Å²) in [5.74, 6) is 0.611. The van der Waals surface area contributed by atoms with Crippen molar-refractivity contribution in [1.82, 2.24) is 0 Å². The molecule has 0 aromatic carbocycles. The second kappa shape index (κ2) is 5.56. The van der Waals surface area contributed by atoms with Gasteiger partial charge in [-0.25, -0.2) is 0 Å². The number of halogens is 1. The second-order valence-corrected chi connectivity index (χ2v) is 3.76. The van der Waals surface area contributed by atoms with Crippen molar-refractivity contribution in [1.29, 1.82) is 0 Å². The minimum Gasteiger partial charge on any atom is -0.501 e. The standard InChI is InChI=1S/C9H14BClO4/c1-14-5-6-3-7(11)9(10(12)13)8(4-6)15-2/h3,6,12-13H,4-5H2,1-2H3. The number of rotatable bonds is 4. The summed E-state index contributed by atoms with van der Waals surface area (Å²) in [5, 5.41) is 18.6. The first-order chi connectivity index (χ1) is 7.10. The summed E-state index contributed by atoms with van der Waals surface area (Å²) < 4.78 is 10.1. The van der Waals surface area contributed by atoms with Crippen LogP contribution in [0, 0.1) is 5.92 Å². The fourth-order valence-corrected chi connectivity index (χ4v) is 2.00. The van der Waals surface area contributed by atoms with Crippen molar-refractivity contribution < 1.29 is 19.5 Å². The van der Waals surface area contributed by atoms with E-state index in [2.05, 4.69) is 0 Å². The summed E-state index contributed by atoms with van der Waals surface area (Å²) in [5.41, 5.74) is 0.242. The molecule has 6 heteroatoms. The van der Waals surface area contributed by atoms with E-state index in [4.69, 9.17) is 31.1 Å². The van der Waals surface area contributed by atoms with Gasteiger partial charge in [-0.3, -0.25) is 0 Å². The number of methoxy groups -OCH3 is 2. The van der Waals surface area contributed by atoms with Crippen LogP contribution in [-0.2, 0) is 9.47 Å². The molecule has 0 radical (unpaired) electrons. The molecule has 0 bridgehead atoms. The fraction of sp³-hybridized carbons (Fsp3) is 0.556. The molecule has 0 aromatic rings. The highest BCUT2D eigenvalue weighted by Gasteiger charge is 2.29. The van der Waals surface area contributed by atoms with E-state index in [-0.39, 0.29) is 11.4 Å². The van der Waals surface area contributed by atoms with E-state index in [1.54, 1.807) is 13.2 Å². The maximum absolute atomic E-state index is 9.13. The Morgan fingerprint density at radius 2 is 2.20 bits per heavy atom. The second-order valence-electron chi connectivity index (χ2n) is 3.35. The lowest BCUT2D eigenvalue weighted by Gasteiger charge is -2.23. The Morgan fingerprint density at radius 1 is 1.53 bits per heavy atom. The van der Waals surface area contributed by atoms with Crippen LogP contribution in [0.25, 0.3) is 0 Å². The largest absolute Gasteiger partial charge is 0.501 e. The first-order valence-corrected chi connectivity index (χ1v) is 4.97. The van der Waals surface area contributed by atoms with Crippen LogP contribution in [0.2, 0.25) is 0 Å². The van der Waals surface area contributed by atoms with Crippen molar-refractivity contribution in [3.05, 3.63) is 22.3 Å². The number of allylic oxidation sites excluding steroid dienone is 3. The molecule has 0 saturated carbocycles. The molecule has 1 rings (SSSR count). The van der Waals surface area contributed by atoms with Gasteiger partial charge in [-0.05, 0) is 0 Å². The van der Waals surface area contributed by atoms with Crippen LogP contribution in [-0.4, -0.2) is 38.0 Å². The average molecular weight is 232 g/mol. The van der Waals surface area contributed by atoms with Gasteiger partial charge in [0.05, 0.1) is 19.5 Å². The summed E-state index contributed by atoms with van der Waals surface area (Å²) in [7, 11) is 1.48. The molecule has 84 valence electrons. The van der Waals surface area contributed by atoms with Gasteiger partial charge >= 0.3 is 7.12 Å². The molecule has 0 saturated heterocycles. The van der Waals surface area contributed by atoms with Gasteiger partial charge in [0, 0.05) is 30.0 Å². The molecule has 0 spiro atoms. The first kappa shape index (κ1) is 12.6. The summed E-state index contributed by atoms with van der Waals surface area (Å²) >= 11 is 5.93. The van der Waals surface area contributed by atoms with Crippen molar-refractivity contribution in [2.45, 2.75) is 6.42 Å². The third-order valence-electron chi connectivity index (χ3n) is 2.27. The summed E-state index contributed by atoms with van der Waals surface area (Å²) in [6.07, 6.45) is 2.32. The quantitative estimate of drug-likeness (QED) is 0.700. The summed E-state index contributed by atoms with van der Waals surface area (Å²) in [6, 6.07) is 0. The van der Waals surface area contributed by atoms with E-state index in [0.29, 0.717) is 23.8 Å². The van der Waals surface area contributed by atoms with E-state index in [0.717, 1.165) is 0 Å². The summed E-state index contributed by atoms with van der Waals surface area (Å²) in [6.45, 7) is 0.526. The molecule has 0 amide bonds. The number of ether oxygens (including phenoxy) is 2. The molecule has 1 unspecified atom stereocenters. The molecule has 1 aliphatic rings. The maximum Gasteiger partial charge on any atom is 0.493 e. The molecule has 0 aromatic heterocycles. The van der Waals surface area contributed by atoms with Crippen LogP contribution in [0.1, 0.15) is 6.42 Å². The van der Waals surface area contributed by atoms with Gasteiger partial charge in [-0.1, -0.05) is 17.7 Å². The maximum atomic E-state index is 9.13. The molecule has 4 nitrogen and oxygen atoms in total. The van der Waals surface area contributed by atoms with Crippen LogP contribution in [0.3, 0.4) is 0 Å². The highest BCUT2D eigenvalue weighted by molar-refractivity contribution is 6.57. The van der Waals surface area contributed by atoms with Crippen molar-refractivity contribution in [3.63, 3.8) is 0 Å². The van der Waals surface area contributed by atoms with Crippen molar-refractivity contribution in [2.24, 2.45) is 5.92 Å². The SMILES string of the molecule is COCC1C=C(Cl)C(B(O)O)=C(OC)C1. The van der Waals surface area contributed by atoms with Crippen molar-refractivity contribution in [2.75, 3.05) is 20.8 Å². The molecular formula is C9H14BClO4. The van der Waals surface area contributed by atoms with Crippen LogP contribution in [0.4, 0.5) is 0 Å². The molecule has 1 aliphatic carbocycles. The number of hydrogen-bond donors (Lipinski definition) is 2. The Labute approximate surface area is 94.3 Å². The molecular weight excluding hydrogens is 218 g/mol. The zero-order chi connectivity index (χ0) is 11.4. The minimum absolute atomic E-state index is 0.111. The van der Waals surface area contributed by atoms with Gasteiger partial charge in [0.15, 0.2) is 0 Å². The highest BCUT2D eigenvalue weighted by atomic mass is 35.5. The zero-order valence-corrected chi connectivity index (χ0v) is 9.49. The Bertz CT molecular complexity index is 288. The van der Waals surface area contributed by atoms with E-state index in [9.17, 15) is 0 Å². The fourth-order valence-electron chi connectivity index (χ4n) is 1.62. The van der Waals surface area contributed by atoms with Crippen LogP contribution in [0.5, 0.6) is 0 Å². The van der Waals surface area contributed by atoms with Gasteiger partial charge in [0.25, 0.3) is 0 Å². The van der Waals surface area contributed by atoms with Gasteiger partial charge in [-0.2, -0.15) is 0 Å². The lowest BCUT2D eigenvalue weighted by Crippen LogP contribution is -2.23. The number of hydrogen-bond acceptors (Lipinski definition) is 4. The van der Waals surface area contributed by atoms with Crippen molar-refractivity contribution in [3.8, 4) is 0 Å². The third kappa shape index (κ3) is 2.98. The predicted molar refractivity (Wildman–Crippen MR) is 58.1 cm³/mol. The average Bonchev–Trinajstić information content (AvgIpc) is 2.16. The van der Waals surface area contributed by atoms with Gasteiger partial charge < -0.3 is 19.5 Å². The van der Waals surface area contributed by atoms with E-state index >= 15 is 0 Å². The van der Waals surface area contributed by atoms with Gasteiger partial charge in [0.1, 0.15) is 0 Å². The topological polar surface area (TPSA) is 58.9 Å². The molecule has 1 atom stereocenters. The first-order valence-electron chi connectivity index (χ1n) is 4.60. The van der Waals surface area contributed by atoms with Gasteiger partial charge in [-0.15, -0.1) is 0 Å². The Morgan fingerprint density at radius 3 is 2.67 bits per heavy atom. The Hall–Kier alpha value is -0.485. The third-order valence-corrected chi connectivity index (χ3v) is 2.60. The highest BCUT2D eigenvalue weighted by Crippen LogP contribution is 2.32. The molecule has 2 N–H and O–H groups in total. The Kier molecular flexibility index (Phi) is 4.66. The Balaban J connectivity index is 2.90. The van der Waals surface area contributed by atoms with Crippen LogP contribution >= 0.6 is 11.6 Å². The van der Waals surface area contributed by atoms with E-state index in [1.807, 2.05) is 0 Å². The molecule has 0 aliphatic heterocycles. The van der Waals surface area contributed by atoms with Gasteiger partial charge in [0.2, 0.25) is 0 Å². The minimum atomic E-state index is -1.60. The smallest absolute Gasteiger partial charge is 0.493 e. The van der Waals surface area contributed by atoms with E-state index < -0.39 is 7.12 Å². The van der Waals surface area contributed by atoms with Crippen LogP contribution in [0.15, 0.2) is 22.3 Å². The normalized spacial score (nSPS) is 21.4. The zero-order valence-electron chi connectivity index (χ0n) is 8.74.